The number of rotatable bonds is 5. The molecule has 1 atom stereocenters. The zero-order valence-corrected chi connectivity index (χ0v) is 15.3. The topological polar surface area (TPSA) is 90.5 Å². The van der Waals surface area contributed by atoms with Crippen LogP contribution in [-0.4, -0.2) is 41.1 Å². The molecule has 1 aromatic carbocycles. The molecule has 25 heavy (non-hydrogen) atoms. The molecule has 0 fully saturated rings. The van der Waals surface area contributed by atoms with Crippen LogP contribution in [0.2, 0.25) is 0 Å². The van der Waals surface area contributed by atoms with Crippen LogP contribution in [0.1, 0.15) is 18.3 Å². The summed E-state index contributed by atoms with van der Waals surface area (Å²) in [5, 5.41) is 19.2. The number of hydrogen-bond acceptors (Lipinski definition) is 6. The van der Waals surface area contributed by atoms with Crippen molar-refractivity contribution in [2.24, 2.45) is 7.05 Å². The number of nitrogens with zero attached hydrogens (tertiary/aromatic N) is 6. The molecule has 8 nitrogen and oxygen atoms in total. The largest absolute Gasteiger partial charge is 0.322 e. The van der Waals surface area contributed by atoms with Crippen molar-refractivity contribution in [2.45, 2.75) is 31.2 Å². The lowest BCUT2D eigenvalue weighted by molar-refractivity contribution is -0.115. The molecule has 0 aliphatic rings. The zero-order valence-electron chi connectivity index (χ0n) is 14.5. The molecule has 3 aromatic rings. The van der Waals surface area contributed by atoms with Crippen LogP contribution in [0, 0.1) is 13.8 Å². The first kappa shape index (κ1) is 17.2. The number of para-hydroxylation sites is 1. The first-order valence-electron chi connectivity index (χ1n) is 7.79. The molecule has 1 unspecified atom stereocenters. The van der Waals surface area contributed by atoms with Crippen molar-refractivity contribution < 1.29 is 4.79 Å². The highest BCUT2D eigenvalue weighted by atomic mass is 32.2. The molecule has 1 amide bonds. The first-order chi connectivity index (χ1) is 12.0. The Bertz CT molecular complexity index is 887. The minimum absolute atomic E-state index is 0.119. The summed E-state index contributed by atoms with van der Waals surface area (Å²) >= 11 is 1.31. The van der Waals surface area contributed by atoms with Crippen molar-refractivity contribution >= 4 is 23.4 Å². The van der Waals surface area contributed by atoms with Gasteiger partial charge in [-0.2, -0.15) is 9.78 Å². The molecular weight excluding hydrogens is 338 g/mol. The van der Waals surface area contributed by atoms with Crippen molar-refractivity contribution in [2.75, 3.05) is 5.32 Å². The number of hydrogen-bond donors (Lipinski definition) is 1. The SMILES string of the molecule is Cc1nn(C)c(C)c1NC(=O)C(C)Sc1nnnn1-c1ccccc1. The lowest BCUT2D eigenvalue weighted by Crippen LogP contribution is -2.23. The average Bonchev–Trinajstić information content (AvgIpc) is 3.15. The van der Waals surface area contributed by atoms with E-state index in [2.05, 4.69) is 25.9 Å². The van der Waals surface area contributed by atoms with Crippen molar-refractivity contribution in [3.63, 3.8) is 0 Å². The Balaban J connectivity index is 1.74. The van der Waals surface area contributed by atoms with E-state index >= 15 is 0 Å². The van der Waals surface area contributed by atoms with Crippen LogP contribution in [0.15, 0.2) is 35.5 Å². The van der Waals surface area contributed by atoms with Gasteiger partial charge in [0, 0.05) is 7.05 Å². The maximum absolute atomic E-state index is 12.6. The molecule has 0 aliphatic heterocycles. The number of nitrogens with one attached hydrogen (secondary N) is 1. The van der Waals surface area contributed by atoms with Gasteiger partial charge in [-0.1, -0.05) is 30.0 Å². The lowest BCUT2D eigenvalue weighted by Gasteiger charge is -2.12. The summed E-state index contributed by atoms with van der Waals surface area (Å²) in [6.45, 7) is 5.62. The number of aromatic nitrogens is 6. The van der Waals surface area contributed by atoms with Gasteiger partial charge in [-0.25, -0.2) is 0 Å². The van der Waals surface area contributed by atoms with Gasteiger partial charge in [-0.05, 0) is 43.3 Å². The van der Waals surface area contributed by atoms with Gasteiger partial charge in [0.1, 0.15) is 0 Å². The van der Waals surface area contributed by atoms with Gasteiger partial charge in [0.05, 0.1) is 28.0 Å². The highest BCUT2D eigenvalue weighted by molar-refractivity contribution is 8.00. The predicted octanol–water partition coefficient (Wildman–Crippen LogP) is 2.13. The van der Waals surface area contributed by atoms with E-state index in [1.807, 2.05) is 58.2 Å². The molecule has 3 rings (SSSR count). The van der Waals surface area contributed by atoms with Gasteiger partial charge in [0.15, 0.2) is 0 Å². The number of amides is 1. The molecule has 2 heterocycles. The van der Waals surface area contributed by atoms with Gasteiger partial charge in [-0.15, -0.1) is 5.10 Å². The highest BCUT2D eigenvalue weighted by Crippen LogP contribution is 2.25. The summed E-state index contributed by atoms with van der Waals surface area (Å²) in [6.07, 6.45) is 0. The first-order valence-corrected chi connectivity index (χ1v) is 8.67. The minimum Gasteiger partial charge on any atom is -0.322 e. The van der Waals surface area contributed by atoms with Crippen LogP contribution < -0.4 is 5.32 Å². The number of carbonyl (C=O) groups excluding carboxylic acids is 1. The summed E-state index contributed by atoms with van der Waals surface area (Å²) in [7, 11) is 1.85. The third-order valence-electron chi connectivity index (χ3n) is 3.85. The molecular formula is C16H19N7OS. The molecule has 0 saturated carbocycles. The van der Waals surface area contributed by atoms with Crippen LogP contribution in [-0.2, 0) is 11.8 Å². The quantitative estimate of drug-likeness (QED) is 0.704. The molecule has 0 spiro atoms. The third kappa shape index (κ3) is 3.55. The molecule has 9 heteroatoms. The number of anilines is 1. The van der Waals surface area contributed by atoms with Crippen molar-refractivity contribution in [1.82, 2.24) is 30.0 Å². The zero-order chi connectivity index (χ0) is 18.0. The summed E-state index contributed by atoms with van der Waals surface area (Å²) < 4.78 is 3.37. The second-order valence-corrected chi connectivity index (χ2v) is 6.94. The molecule has 0 aliphatic carbocycles. The Labute approximate surface area is 149 Å². The van der Waals surface area contributed by atoms with Gasteiger partial charge in [-0.3, -0.25) is 9.48 Å². The van der Waals surface area contributed by atoms with E-state index in [-0.39, 0.29) is 11.2 Å². The van der Waals surface area contributed by atoms with Crippen LogP contribution in [0.3, 0.4) is 0 Å². The Morgan fingerprint density at radius 1 is 1.24 bits per heavy atom. The standard InChI is InChI=1S/C16H19N7OS/c1-10-14(11(2)22(4)19-10)17-15(24)12(3)25-16-18-20-21-23(16)13-8-6-5-7-9-13/h5-9,12H,1-4H3,(H,17,24). The maximum Gasteiger partial charge on any atom is 0.237 e. The number of aryl methyl sites for hydroxylation is 2. The second-order valence-electron chi connectivity index (χ2n) is 5.63. The van der Waals surface area contributed by atoms with Gasteiger partial charge >= 0.3 is 0 Å². The number of thioether (sulfide) groups is 1. The fraction of sp³-hybridized carbons (Fsp3) is 0.312. The van der Waals surface area contributed by atoms with Gasteiger partial charge in [0.2, 0.25) is 11.1 Å². The Morgan fingerprint density at radius 3 is 2.60 bits per heavy atom. The smallest absolute Gasteiger partial charge is 0.237 e. The van der Waals surface area contributed by atoms with Crippen molar-refractivity contribution in [3.8, 4) is 5.69 Å². The lowest BCUT2D eigenvalue weighted by atomic mass is 10.3. The van der Waals surface area contributed by atoms with E-state index < -0.39 is 0 Å². The van der Waals surface area contributed by atoms with E-state index in [1.54, 1.807) is 9.36 Å². The maximum atomic E-state index is 12.6. The van der Waals surface area contributed by atoms with Crippen LogP contribution in [0.25, 0.3) is 5.69 Å². The molecule has 0 saturated heterocycles. The van der Waals surface area contributed by atoms with Crippen molar-refractivity contribution in [1.29, 1.82) is 0 Å². The summed E-state index contributed by atoms with van der Waals surface area (Å²) in [5.74, 6) is -0.119. The minimum atomic E-state index is -0.368. The second kappa shape index (κ2) is 7.06. The fourth-order valence-electron chi connectivity index (χ4n) is 2.37. The molecule has 2 aromatic heterocycles. The Morgan fingerprint density at radius 2 is 1.96 bits per heavy atom. The molecule has 130 valence electrons. The summed E-state index contributed by atoms with van der Waals surface area (Å²) in [6, 6.07) is 9.57. The number of benzene rings is 1. The average molecular weight is 357 g/mol. The highest BCUT2D eigenvalue weighted by Gasteiger charge is 2.21. The fourth-order valence-corrected chi connectivity index (χ4v) is 3.18. The van der Waals surface area contributed by atoms with E-state index in [4.69, 9.17) is 0 Å². The van der Waals surface area contributed by atoms with Crippen LogP contribution in [0.4, 0.5) is 5.69 Å². The van der Waals surface area contributed by atoms with E-state index in [0.717, 1.165) is 22.8 Å². The molecule has 0 radical (unpaired) electrons. The Hall–Kier alpha value is -2.68. The molecule has 1 N–H and O–H groups in total. The summed E-state index contributed by atoms with van der Waals surface area (Å²) in [5.41, 5.74) is 3.31. The summed E-state index contributed by atoms with van der Waals surface area (Å²) in [4.78, 5) is 12.6. The van der Waals surface area contributed by atoms with Crippen molar-refractivity contribution in [3.05, 3.63) is 41.7 Å². The Kier molecular flexibility index (Phi) is 4.84. The monoisotopic (exact) mass is 357 g/mol. The normalized spacial score (nSPS) is 12.2. The predicted molar refractivity (Wildman–Crippen MR) is 95.8 cm³/mol. The van der Waals surface area contributed by atoms with E-state index in [0.29, 0.717) is 5.16 Å². The molecule has 0 bridgehead atoms. The van der Waals surface area contributed by atoms with Gasteiger partial charge < -0.3 is 5.32 Å². The number of tetrazole rings is 1. The number of carbonyl (C=O) groups is 1. The van der Waals surface area contributed by atoms with E-state index in [1.165, 1.54) is 11.8 Å². The van der Waals surface area contributed by atoms with Gasteiger partial charge in [0.25, 0.3) is 0 Å². The van der Waals surface area contributed by atoms with Crippen LogP contribution >= 0.6 is 11.8 Å². The third-order valence-corrected chi connectivity index (χ3v) is 4.88. The van der Waals surface area contributed by atoms with E-state index in [9.17, 15) is 4.79 Å². The van der Waals surface area contributed by atoms with Crippen LogP contribution in [0.5, 0.6) is 0 Å².